The van der Waals surface area contributed by atoms with Crippen molar-refractivity contribution in [3.8, 4) is 0 Å². The molecule has 0 radical (unpaired) electrons. The summed E-state index contributed by atoms with van der Waals surface area (Å²) >= 11 is 0. The Hall–Kier alpha value is -1.93. The minimum atomic E-state index is -0.651. The number of hydrogen-bond acceptors (Lipinski definition) is 5. The largest absolute Gasteiger partial charge is 0.394 e. The smallest absolute Gasteiger partial charge is 0.246 e. The molecule has 1 rings (SSSR count). The van der Waals surface area contributed by atoms with E-state index in [1.165, 1.54) is 0 Å². The molecule has 0 aromatic heterocycles. The molecule has 3 unspecified atom stereocenters. The minimum absolute atomic E-state index is 0.0549. The SMILES string of the molecule is C/C(=C\[C@H](C(C)C)N(C)C(=O)C(NC(=O)C1CCCCN1C(C)C)C(C)C)C(=O)NC(CO)CC(C)C. The number of carbonyl (C=O) groups is 3. The summed E-state index contributed by atoms with van der Waals surface area (Å²) in [7, 11) is 1.74. The van der Waals surface area contributed by atoms with E-state index < -0.39 is 6.04 Å². The summed E-state index contributed by atoms with van der Waals surface area (Å²) in [5.74, 6) is -0.172. The van der Waals surface area contributed by atoms with Gasteiger partial charge in [-0.2, -0.15) is 0 Å². The van der Waals surface area contributed by atoms with Crippen molar-refractivity contribution < 1.29 is 19.5 Å². The number of rotatable bonds is 13. The second kappa shape index (κ2) is 15.5. The monoisotopic (exact) mass is 522 g/mol. The first-order valence-corrected chi connectivity index (χ1v) is 14.1. The lowest BCUT2D eigenvalue weighted by Crippen LogP contribution is -2.58. The van der Waals surface area contributed by atoms with E-state index in [2.05, 4.69) is 29.4 Å². The normalized spacial score (nSPS) is 19.8. The molecular formula is C29H54N4O4. The standard InChI is InChI=1S/C29H54N4O4/c1-18(2)15-23(17-34)30-27(35)22(9)16-25(19(3)4)32(10)29(37)26(20(5)6)31-28(36)24-13-11-12-14-33(24)21(7)8/h16,18-21,23-26,34H,11-15,17H2,1-10H3,(H,30,35)(H,31,36)/b22-16+/t23?,24?,25-,26?/m1/s1. The van der Waals surface area contributed by atoms with Gasteiger partial charge in [0.15, 0.2) is 0 Å². The highest BCUT2D eigenvalue weighted by Gasteiger charge is 2.36. The minimum Gasteiger partial charge on any atom is -0.394 e. The summed E-state index contributed by atoms with van der Waals surface area (Å²) in [5.41, 5.74) is 0.500. The molecule has 8 nitrogen and oxygen atoms in total. The predicted octanol–water partition coefficient (Wildman–Crippen LogP) is 3.34. The number of likely N-dealkylation sites (N-methyl/N-ethyl adjacent to an activating group) is 1. The average Bonchev–Trinajstić information content (AvgIpc) is 2.83. The molecule has 0 saturated carbocycles. The number of nitrogens with zero attached hydrogens (tertiary/aromatic N) is 2. The molecule has 37 heavy (non-hydrogen) atoms. The van der Waals surface area contributed by atoms with Crippen molar-refractivity contribution >= 4 is 17.7 Å². The van der Waals surface area contributed by atoms with E-state index in [4.69, 9.17) is 0 Å². The first-order valence-electron chi connectivity index (χ1n) is 14.1. The summed E-state index contributed by atoms with van der Waals surface area (Å²) < 4.78 is 0. The van der Waals surface area contributed by atoms with Crippen molar-refractivity contribution in [2.45, 2.75) is 118 Å². The lowest BCUT2D eigenvalue weighted by molar-refractivity contribution is -0.140. The molecule has 0 aromatic rings. The summed E-state index contributed by atoms with van der Waals surface area (Å²) in [6, 6.07) is -1.23. The maximum atomic E-state index is 13.7. The Morgan fingerprint density at radius 3 is 2.11 bits per heavy atom. The quantitative estimate of drug-likeness (QED) is 0.322. The maximum absolute atomic E-state index is 13.7. The topological polar surface area (TPSA) is 102 Å². The second-order valence-electron chi connectivity index (χ2n) is 12.1. The molecule has 1 aliphatic heterocycles. The fourth-order valence-electron chi connectivity index (χ4n) is 5.11. The Balaban J connectivity index is 3.05. The number of hydrogen-bond donors (Lipinski definition) is 3. The van der Waals surface area contributed by atoms with Crippen molar-refractivity contribution in [2.75, 3.05) is 20.2 Å². The number of piperidine rings is 1. The number of likely N-dealkylation sites (tertiary alicyclic amines) is 1. The Bertz CT molecular complexity index is 778. The third-order valence-corrected chi connectivity index (χ3v) is 7.31. The molecule has 1 saturated heterocycles. The molecule has 1 fully saturated rings. The Kier molecular flexibility index (Phi) is 13.8. The highest BCUT2D eigenvalue weighted by atomic mass is 16.3. The number of aliphatic hydroxyl groups is 1. The van der Waals surface area contributed by atoms with Crippen molar-refractivity contribution in [3.63, 3.8) is 0 Å². The molecule has 214 valence electrons. The van der Waals surface area contributed by atoms with E-state index in [9.17, 15) is 19.5 Å². The summed E-state index contributed by atoms with van der Waals surface area (Å²) in [6.07, 6.45) is 5.41. The fraction of sp³-hybridized carbons (Fsp3) is 0.828. The molecule has 1 heterocycles. The Labute approximate surface area is 225 Å². The lowest BCUT2D eigenvalue weighted by Gasteiger charge is -2.39. The van der Waals surface area contributed by atoms with Gasteiger partial charge in [-0.3, -0.25) is 19.3 Å². The van der Waals surface area contributed by atoms with Crippen molar-refractivity contribution in [2.24, 2.45) is 17.8 Å². The van der Waals surface area contributed by atoms with Gasteiger partial charge in [-0.1, -0.05) is 54.0 Å². The van der Waals surface area contributed by atoms with E-state index in [0.717, 1.165) is 25.8 Å². The van der Waals surface area contributed by atoms with Gasteiger partial charge in [0.25, 0.3) is 0 Å². The van der Waals surface area contributed by atoms with Crippen LogP contribution in [0.5, 0.6) is 0 Å². The zero-order valence-corrected chi connectivity index (χ0v) is 25.0. The van der Waals surface area contributed by atoms with Gasteiger partial charge in [-0.05, 0) is 64.3 Å². The lowest BCUT2D eigenvalue weighted by atomic mass is 9.95. The van der Waals surface area contributed by atoms with E-state index in [1.807, 2.05) is 47.6 Å². The highest BCUT2D eigenvalue weighted by molar-refractivity contribution is 5.93. The number of aliphatic hydroxyl groups excluding tert-OH is 1. The van der Waals surface area contributed by atoms with Gasteiger partial charge in [-0.25, -0.2) is 0 Å². The third-order valence-electron chi connectivity index (χ3n) is 7.31. The van der Waals surface area contributed by atoms with Crippen LogP contribution < -0.4 is 10.6 Å². The average molecular weight is 523 g/mol. The molecule has 4 atom stereocenters. The maximum Gasteiger partial charge on any atom is 0.246 e. The van der Waals surface area contributed by atoms with E-state index >= 15 is 0 Å². The molecule has 8 heteroatoms. The third kappa shape index (κ3) is 10.0. The molecule has 0 aliphatic carbocycles. The molecule has 0 aromatic carbocycles. The first-order chi connectivity index (χ1) is 17.2. The summed E-state index contributed by atoms with van der Waals surface area (Å²) in [4.78, 5) is 43.7. The number of amides is 3. The van der Waals surface area contributed by atoms with Crippen LogP contribution in [-0.4, -0.2) is 83.0 Å². The van der Waals surface area contributed by atoms with Crippen LogP contribution in [0.15, 0.2) is 11.6 Å². The van der Waals surface area contributed by atoms with Gasteiger partial charge in [0, 0.05) is 18.7 Å². The molecular weight excluding hydrogens is 468 g/mol. The van der Waals surface area contributed by atoms with Crippen LogP contribution in [0.4, 0.5) is 0 Å². The van der Waals surface area contributed by atoms with Crippen LogP contribution in [-0.2, 0) is 14.4 Å². The predicted molar refractivity (Wildman–Crippen MR) is 150 cm³/mol. The summed E-state index contributed by atoms with van der Waals surface area (Å²) in [5, 5.41) is 15.6. The van der Waals surface area contributed by atoms with Crippen LogP contribution in [0.25, 0.3) is 0 Å². The summed E-state index contributed by atoms with van der Waals surface area (Å²) in [6.45, 7) is 18.7. The zero-order chi connectivity index (χ0) is 28.4. The van der Waals surface area contributed by atoms with Crippen LogP contribution in [0.3, 0.4) is 0 Å². The van der Waals surface area contributed by atoms with E-state index in [0.29, 0.717) is 17.9 Å². The van der Waals surface area contributed by atoms with Crippen LogP contribution >= 0.6 is 0 Å². The van der Waals surface area contributed by atoms with Gasteiger partial charge < -0.3 is 20.6 Å². The zero-order valence-electron chi connectivity index (χ0n) is 25.0. The van der Waals surface area contributed by atoms with Gasteiger partial charge in [0.1, 0.15) is 6.04 Å². The Morgan fingerprint density at radius 2 is 1.62 bits per heavy atom. The van der Waals surface area contributed by atoms with Crippen molar-refractivity contribution in [3.05, 3.63) is 11.6 Å². The molecule has 3 amide bonds. The van der Waals surface area contributed by atoms with Crippen molar-refractivity contribution in [1.82, 2.24) is 20.4 Å². The Morgan fingerprint density at radius 1 is 1.00 bits per heavy atom. The molecule has 3 N–H and O–H groups in total. The highest BCUT2D eigenvalue weighted by Crippen LogP contribution is 2.21. The molecule has 1 aliphatic rings. The van der Waals surface area contributed by atoms with Gasteiger partial charge in [0.2, 0.25) is 17.7 Å². The second-order valence-corrected chi connectivity index (χ2v) is 12.1. The van der Waals surface area contributed by atoms with Gasteiger partial charge in [-0.15, -0.1) is 0 Å². The number of carbonyl (C=O) groups excluding carboxylic acids is 3. The van der Waals surface area contributed by atoms with Crippen LogP contribution in [0.1, 0.15) is 88.0 Å². The van der Waals surface area contributed by atoms with E-state index in [-0.39, 0.29) is 60.3 Å². The van der Waals surface area contributed by atoms with Crippen molar-refractivity contribution in [1.29, 1.82) is 0 Å². The molecule has 0 bridgehead atoms. The van der Waals surface area contributed by atoms with Crippen LogP contribution in [0.2, 0.25) is 0 Å². The fourth-order valence-corrected chi connectivity index (χ4v) is 5.11. The molecule has 0 spiro atoms. The van der Waals surface area contributed by atoms with E-state index in [1.54, 1.807) is 18.9 Å². The van der Waals surface area contributed by atoms with Gasteiger partial charge >= 0.3 is 0 Å². The first kappa shape index (κ1) is 33.1. The number of nitrogens with one attached hydrogen (secondary N) is 2. The van der Waals surface area contributed by atoms with Gasteiger partial charge in [0.05, 0.1) is 24.7 Å². The van der Waals surface area contributed by atoms with Crippen LogP contribution in [0, 0.1) is 17.8 Å².